The van der Waals surface area contributed by atoms with Crippen molar-refractivity contribution in [2.24, 2.45) is 0 Å². The minimum Gasteiger partial charge on any atom is -0.380 e. The van der Waals surface area contributed by atoms with Crippen molar-refractivity contribution < 1.29 is 9.18 Å². The highest BCUT2D eigenvalue weighted by molar-refractivity contribution is 5.92. The van der Waals surface area contributed by atoms with Gasteiger partial charge < -0.3 is 10.6 Å². The van der Waals surface area contributed by atoms with Gasteiger partial charge >= 0.3 is 0 Å². The molecule has 2 heterocycles. The van der Waals surface area contributed by atoms with E-state index in [2.05, 4.69) is 20.6 Å². The zero-order valence-electron chi connectivity index (χ0n) is 14.2. The predicted molar refractivity (Wildman–Crippen MR) is 98.2 cm³/mol. The second-order valence-electron chi connectivity index (χ2n) is 5.78. The summed E-state index contributed by atoms with van der Waals surface area (Å²) in [5, 5.41) is 6.05. The van der Waals surface area contributed by atoms with E-state index < -0.39 is 0 Å². The summed E-state index contributed by atoms with van der Waals surface area (Å²) in [6, 6.07) is 13.6. The van der Waals surface area contributed by atoms with E-state index >= 15 is 0 Å². The first-order valence-electron chi connectivity index (χ1n) is 8.32. The number of anilines is 1. The topological polar surface area (TPSA) is 66.9 Å². The summed E-state index contributed by atoms with van der Waals surface area (Å²) in [6.45, 7) is 1.10. The van der Waals surface area contributed by atoms with Gasteiger partial charge in [-0.2, -0.15) is 0 Å². The molecule has 0 spiro atoms. The van der Waals surface area contributed by atoms with E-state index in [1.165, 1.54) is 12.1 Å². The Morgan fingerprint density at radius 2 is 1.85 bits per heavy atom. The molecule has 0 saturated carbocycles. The maximum Gasteiger partial charge on any atom is 0.269 e. The van der Waals surface area contributed by atoms with Gasteiger partial charge in [0.25, 0.3) is 5.91 Å². The Bertz CT molecular complexity index is 836. The molecule has 26 heavy (non-hydrogen) atoms. The molecule has 0 atom stereocenters. The Kier molecular flexibility index (Phi) is 5.88. The molecule has 2 N–H and O–H groups in total. The maximum absolute atomic E-state index is 12.9. The van der Waals surface area contributed by atoms with Crippen LogP contribution in [0.1, 0.15) is 21.6 Å². The molecule has 132 valence electrons. The molecule has 2 aromatic heterocycles. The largest absolute Gasteiger partial charge is 0.380 e. The van der Waals surface area contributed by atoms with Gasteiger partial charge in [-0.25, -0.2) is 9.37 Å². The van der Waals surface area contributed by atoms with E-state index in [1.54, 1.807) is 36.8 Å². The van der Waals surface area contributed by atoms with Gasteiger partial charge in [-0.3, -0.25) is 9.78 Å². The van der Waals surface area contributed by atoms with Crippen LogP contribution in [0.15, 0.2) is 67.1 Å². The lowest BCUT2D eigenvalue weighted by atomic mass is 10.1. The van der Waals surface area contributed by atoms with Crippen LogP contribution in [-0.2, 0) is 13.0 Å². The summed E-state index contributed by atoms with van der Waals surface area (Å²) in [7, 11) is 0. The van der Waals surface area contributed by atoms with Crippen LogP contribution in [0.5, 0.6) is 0 Å². The zero-order valence-corrected chi connectivity index (χ0v) is 14.2. The highest BCUT2D eigenvalue weighted by Crippen LogP contribution is 2.09. The molecule has 5 nitrogen and oxygen atoms in total. The third-order valence-electron chi connectivity index (χ3n) is 3.83. The van der Waals surface area contributed by atoms with Gasteiger partial charge in [0.1, 0.15) is 11.5 Å². The van der Waals surface area contributed by atoms with Crippen LogP contribution in [0.2, 0.25) is 0 Å². The normalized spacial score (nSPS) is 10.3. The monoisotopic (exact) mass is 350 g/mol. The van der Waals surface area contributed by atoms with Crippen molar-refractivity contribution in [1.29, 1.82) is 0 Å². The van der Waals surface area contributed by atoms with E-state index in [0.29, 0.717) is 25.2 Å². The Balaban J connectivity index is 1.46. The van der Waals surface area contributed by atoms with Crippen LogP contribution in [0.25, 0.3) is 0 Å². The molecule has 0 unspecified atom stereocenters. The molecule has 0 bridgehead atoms. The highest BCUT2D eigenvalue weighted by atomic mass is 19.1. The van der Waals surface area contributed by atoms with Crippen molar-refractivity contribution in [3.63, 3.8) is 0 Å². The first kappa shape index (κ1) is 17.5. The number of aromatic nitrogens is 2. The van der Waals surface area contributed by atoms with Gasteiger partial charge in [0.2, 0.25) is 0 Å². The Labute approximate surface area is 151 Å². The fourth-order valence-corrected chi connectivity index (χ4v) is 2.40. The lowest BCUT2D eigenvalue weighted by Gasteiger charge is -2.08. The van der Waals surface area contributed by atoms with Crippen LogP contribution in [-0.4, -0.2) is 22.4 Å². The number of carbonyl (C=O) groups is 1. The lowest BCUT2D eigenvalue weighted by molar-refractivity contribution is 0.0949. The summed E-state index contributed by atoms with van der Waals surface area (Å²) in [5.41, 5.74) is 3.22. The van der Waals surface area contributed by atoms with E-state index in [-0.39, 0.29) is 11.7 Å². The predicted octanol–water partition coefficient (Wildman–Crippen LogP) is 3.20. The van der Waals surface area contributed by atoms with Crippen molar-refractivity contribution in [3.05, 3.63) is 89.8 Å². The lowest BCUT2D eigenvalue weighted by Crippen LogP contribution is -2.26. The fraction of sp³-hybridized carbons (Fsp3) is 0.150. The Morgan fingerprint density at radius 3 is 2.54 bits per heavy atom. The first-order valence-corrected chi connectivity index (χ1v) is 8.32. The second-order valence-corrected chi connectivity index (χ2v) is 5.78. The fourth-order valence-electron chi connectivity index (χ4n) is 2.40. The molecule has 6 heteroatoms. The quantitative estimate of drug-likeness (QED) is 0.687. The average Bonchev–Trinajstić information content (AvgIpc) is 2.69. The molecule has 3 rings (SSSR count). The number of nitrogens with one attached hydrogen (secondary N) is 2. The van der Waals surface area contributed by atoms with E-state index in [1.807, 2.05) is 18.2 Å². The van der Waals surface area contributed by atoms with Gasteiger partial charge in [-0.05, 0) is 47.9 Å². The van der Waals surface area contributed by atoms with Crippen molar-refractivity contribution in [3.8, 4) is 0 Å². The Hall–Kier alpha value is -3.28. The summed E-state index contributed by atoms with van der Waals surface area (Å²) in [5.74, 6) is -0.495. The molecule has 0 saturated heterocycles. The van der Waals surface area contributed by atoms with Gasteiger partial charge in [-0.1, -0.05) is 18.2 Å². The molecular weight excluding hydrogens is 331 g/mol. The number of rotatable bonds is 7. The molecule has 0 aliphatic carbocycles. The number of hydrogen-bond acceptors (Lipinski definition) is 4. The third-order valence-corrected chi connectivity index (χ3v) is 3.83. The third kappa shape index (κ3) is 5.11. The summed E-state index contributed by atoms with van der Waals surface area (Å²) in [6.07, 6.45) is 5.79. The number of hydrogen-bond donors (Lipinski definition) is 2. The highest BCUT2D eigenvalue weighted by Gasteiger charge is 2.06. The number of benzene rings is 1. The molecule has 1 aromatic carbocycles. The number of halogens is 1. The standard InChI is InChI=1S/C20H19FN4O/c21-17-5-3-15(4-6-17)9-11-23-20(26)19-8-7-18(14-25-19)24-13-16-2-1-10-22-12-16/h1-8,10,12,14,24H,9,11,13H2,(H,23,26). The number of pyridine rings is 2. The van der Waals surface area contributed by atoms with Gasteiger partial charge in [0.05, 0.1) is 11.9 Å². The van der Waals surface area contributed by atoms with Crippen LogP contribution < -0.4 is 10.6 Å². The van der Waals surface area contributed by atoms with Gasteiger partial charge in [-0.15, -0.1) is 0 Å². The summed E-state index contributed by atoms with van der Waals surface area (Å²) < 4.78 is 12.9. The van der Waals surface area contributed by atoms with Crippen molar-refractivity contribution >= 4 is 11.6 Å². The molecule has 1 amide bonds. The maximum atomic E-state index is 12.9. The number of nitrogens with zero attached hydrogens (tertiary/aromatic N) is 2. The number of carbonyl (C=O) groups excluding carboxylic acids is 1. The molecular formula is C20H19FN4O. The van der Waals surface area contributed by atoms with Crippen molar-refractivity contribution in [2.75, 3.05) is 11.9 Å². The van der Waals surface area contributed by atoms with Gasteiger partial charge in [0, 0.05) is 25.5 Å². The van der Waals surface area contributed by atoms with Gasteiger partial charge in [0.15, 0.2) is 0 Å². The molecule has 3 aromatic rings. The minimum atomic E-state index is -0.265. The average molecular weight is 350 g/mol. The minimum absolute atomic E-state index is 0.231. The van der Waals surface area contributed by atoms with E-state index in [0.717, 1.165) is 16.8 Å². The van der Waals surface area contributed by atoms with Crippen LogP contribution in [0.4, 0.5) is 10.1 Å². The smallest absolute Gasteiger partial charge is 0.269 e. The van der Waals surface area contributed by atoms with E-state index in [4.69, 9.17) is 0 Å². The summed E-state index contributed by atoms with van der Waals surface area (Å²) >= 11 is 0. The first-order chi connectivity index (χ1) is 12.7. The SMILES string of the molecule is O=C(NCCc1ccc(F)cc1)c1ccc(NCc2cccnc2)cn1. The van der Waals surface area contributed by atoms with Crippen LogP contribution in [0.3, 0.4) is 0 Å². The number of amides is 1. The zero-order chi connectivity index (χ0) is 18.2. The van der Waals surface area contributed by atoms with E-state index in [9.17, 15) is 9.18 Å². The molecule has 0 fully saturated rings. The second kappa shape index (κ2) is 8.71. The Morgan fingerprint density at radius 1 is 1.00 bits per heavy atom. The van der Waals surface area contributed by atoms with Crippen LogP contribution >= 0.6 is 0 Å². The van der Waals surface area contributed by atoms with Crippen molar-refractivity contribution in [1.82, 2.24) is 15.3 Å². The van der Waals surface area contributed by atoms with Crippen LogP contribution in [0, 0.1) is 5.82 Å². The molecule has 0 aliphatic rings. The van der Waals surface area contributed by atoms with Crippen molar-refractivity contribution in [2.45, 2.75) is 13.0 Å². The molecule has 0 radical (unpaired) electrons. The summed E-state index contributed by atoms with van der Waals surface area (Å²) in [4.78, 5) is 20.4. The molecule has 0 aliphatic heterocycles.